The van der Waals surface area contributed by atoms with E-state index >= 15 is 0 Å². The average Bonchev–Trinajstić information content (AvgIpc) is 3.09. The highest BCUT2D eigenvalue weighted by Gasteiger charge is 2.41. The van der Waals surface area contributed by atoms with Gasteiger partial charge in [0.2, 0.25) is 0 Å². The first kappa shape index (κ1) is 23.1. The van der Waals surface area contributed by atoms with E-state index in [-0.39, 0.29) is 26.8 Å². The van der Waals surface area contributed by atoms with Crippen LogP contribution in [0.4, 0.5) is 14.5 Å². The second-order valence-corrected chi connectivity index (χ2v) is 7.83. The Morgan fingerprint density at radius 3 is 2.48 bits per heavy atom. The van der Waals surface area contributed by atoms with Crippen molar-refractivity contribution in [2.75, 3.05) is 32.5 Å². The number of nitrogens with zero attached hydrogens (tertiary/aromatic N) is 1. The molecule has 0 aromatic heterocycles. The van der Waals surface area contributed by atoms with Crippen LogP contribution in [0.2, 0.25) is 0 Å². The molecule has 4 nitrogen and oxygen atoms in total. The van der Waals surface area contributed by atoms with Gasteiger partial charge in [-0.1, -0.05) is 36.4 Å². The summed E-state index contributed by atoms with van der Waals surface area (Å²) < 4.78 is 28.8. The third-order valence-corrected chi connectivity index (χ3v) is 5.26. The highest BCUT2D eigenvalue weighted by molar-refractivity contribution is 6.44. The van der Waals surface area contributed by atoms with Crippen molar-refractivity contribution in [1.29, 1.82) is 0 Å². The van der Waals surface area contributed by atoms with Gasteiger partial charge in [0, 0.05) is 49.2 Å². The van der Waals surface area contributed by atoms with Gasteiger partial charge in [-0.05, 0) is 31.2 Å². The lowest BCUT2D eigenvalue weighted by Crippen LogP contribution is -2.43. The van der Waals surface area contributed by atoms with Crippen molar-refractivity contribution in [3.8, 4) is 0 Å². The van der Waals surface area contributed by atoms with Gasteiger partial charge in [-0.25, -0.2) is 8.78 Å². The minimum atomic E-state index is -0.958. The van der Waals surface area contributed by atoms with E-state index in [1.165, 1.54) is 18.3 Å². The summed E-state index contributed by atoms with van der Waals surface area (Å²) in [6, 6.07) is 4.62. The summed E-state index contributed by atoms with van der Waals surface area (Å²) in [6.07, 6.45) is 2.33. The number of allylic oxidation sites excluding steroid dienone is 2. The first-order valence-electron chi connectivity index (χ1n) is 8.83. The Bertz CT molecular complexity index is 888. The number of rotatable bonds is 8. The van der Waals surface area contributed by atoms with E-state index in [2.05, 4.69) is 23.8 Å². The Morgan fingerprint density at radius 1 is 1.31 bits per heavy atom. The lowest BCUT2D eigenvalue weighted by atomic mass is 9.86. The van der Waals surface area contributed by atoms with Gasteiger partial charge >= 0.3 is 0 Å². The molecule has 1 saturated heterocycles. The number of anilines is 1. The Labute approximate surface area is 179 Å². The molecule has 0 bridgehead atoms. The van der Waals surface area contributed by atoms with Crippen LogP contribution in [-0.2, 0) is 0 Å². The molecule has 1 heterocycles. The summed E-state index contributed by atoms with van der Waals surface area (Å²) in [4.78, 5) is 13.1. The van der Waals surface area contributed by atoms with E-state index in [0.29, 0.717) is 31.5 Å². The highest BCUT2D eigenvalue weighted by Crippen LogP contribution is 2.39. The van der Waals surface area contributed by atoms with E-state index < -0.39 is 17.2 Å². The minimum absolute atomic E-state index is 0.00614. The van der Waals surface area contributed by atoms with Crippen LogP contribution in [0.5, 0.6) is 0 Å². The maximum absolute atomic E-state index is 14.4. The minimum Gasteiger partial charge on any atom is -0.381 e. The third kappa shape index (κ3) is 5.26. The number of hydrogen-bond donors (Lipinski definition) is 2. The Kier molecular flexibility index (Phi) is 7.63. The molecule has 0 aliphatic carbocycles. The number of aldehydes is 1. The molecule has 0 amide bonds. The normalized spacial score (nSPS) is 20.1. The molecule has 156 valence electrons. The van der Waals surface area contributed by atoms with E-state index in [4.69, 9.17) is 23.2 Å². The Hall–Kier alpha value is -2.15. The molecular formula is C21H23Cl2F2N3O. The molecule has 1 fully saturated rings. The SMILES string of the molecule is C=C(Cl)/C(Cl)=C(\C(=C)F)C1(Nc2ccc(/C(F)=C\N(C)C)c(C=O)c2)CCNC1. The Morgan fingerprint density at radius 2 is 2.00 bits per heavy atom. The Balaban J connectivity index is 2.51. The summed E-state index contributed by atoms with van der Waals surface area (Å²) in [5.74, 6) is -1.28. The lowest BCUT2D eigenvalue weighted by Gasteiger charge is -2.34. The predicted octanol–water partition coefficient (Wildman–Crippen LogP) is 5.20. The van der Waals surface area contributed by atoms with Gasteiger partial charge in [-0.2, -0.15) is 0 Å². The molecule has 8 heteroatoms. The predicted molar refractivity (Wildman–Crippen MR) is 117 cm³/mol. The summed E-state index contributed by atoms with van der Waals surface area (Å²) in [6.45, 7) is 7.91. The zero-order chi connectivity index (χ0) is 21.8. The van der Waals surface area contributed by atoms with E-state index in [0.717, 1.165) is 0 Å². The fourth-order valence-corrected chi connectivity index (χ4v) is 3.70. The van der Waals surface area contributed by atoms with Crippen LogP contribution in [-0.4, -0.2) is 43.9 Å². The first-order chi connectivity index (χ1) is 13.6. The van der Waals surface area contributed by atoms with Crippen LogP contribution < -0.4 is 10.6 Å². The number of carbonyl (C=O) groups is 1. The van der Waals surface area contributed by atoms with Gasteiger partial charge in [0.15, 0.2) is 6.29 Å². The van der Waals surface area contributed by atoms with E-state index in [1.807, 2.05) is 0 Å². The van der Waals surface area contributed by atoms with Crippen molar-refractivity contribution in [2.24, 2.45) is 0 Å². The third-order valence-electron chi connectivity index (χ3n) is 4.55. The zero-order valence-electron chi connectivity index (χ0n) is 16.3. The molecule has 1 aromatic rings. The molecule has 0 saturated carbocycles. The summed E-state index contributed by atoms with van der Waals surface area (Å²) in [5, 5.41) is 6.37. The van der Waals surface area contributed by atoms with Crippen LogP contribution in [0.25, 0.3) is 5.83 Å². The van der Waals surface area contributed by atoms with Gasteiger partial charge < -0.3 is 15.5 Å². The maximum Gasteiger partial charge on any atom is 0.150 e. The van der Waals surface area contributed by atoms with Crippen LogP contribution in [0.1, 0.15) is 22.3 Å². The van der Waals surface area contributed by atoms with Crippen molar-refractivity contribution in [2.45, 2.75) is 12.0 Å². The monoisotopic (exact) mass is 441 g/mol. The van der Waals surface area contributed by atoms with E-state index in [9.17, 15) is 13.6 Å². The van der Waals surface area contributed by atoms with Crippen LogP contribution in [0.3, 0.4) is 0 Å². The van der Waals surface area contributed by atoms with E-state index in [1.54, 1.807) is 25.1 Å². The summed E-state index contributed by atoms with van der Waals surface area (Å²) in [5.41, 5.74) is -0.0412. The molecule has 1 aliphatic heterocycles. The van der Waals surface area contributed by atoms with Crippen LogP contribution in [0, 0.1) is 0 Å². The molecule has 29 heavy (non-hydrogen) atoms. The first-order valence-corrected chi connectivity index (χ1v) is 9.59. The van der Waals surface area contributed by atoms with Gasteiger partial charge in [0.25, 0.3) is 0 Å². The second-order valence-electron chi connectivity index (χ2n) is 6.99. The molecule has 0 radical (unpaired) electrons. The quantitative estimate of drug-likeness (QED) is 0.429. The van der Waals surface area contributed by atoms with Crippen LogP contribution in [0.15, 0.2) is 59.0 Å². The summed E-state index contributed by atoms with van der Waals surface area (Å²) in [7, 11) is 3.36. The number of benzene rings is 1. The largest absolute Gasteiger partial charge is 0.381 e. The maximum atomic E-state index is 14.4. The second kappa shape index (κ2) is 9.57. The zero-order valence-corrected chi connectivity index (χ0v) is 17.8. The van der Waals surface area contributed by atoms with Gasteiger partial charge in [-0.15, -0.1) is 0 Å². The number of halogens is 4. The fraction of sp³-hybridized carbons (Fsp3) is 0.286. The molecule has 1 atom stereocenters. The van der Waals surface area contributed by atoms with Crippen molar-refractivity contribution in [3.63, 3.8) is 0 Å². The molecule has 1 aromatic carbocycles. The van der Waals surface area contributed by atoms with Gasteiger partial charge in [0.05, 0.1) is 15.6 Å². The molecule has 1 aliphatic rings. The average molecular weight is 442 g/mol. The van der Waals surface area contributed by atoms with Crippen molar-refractivity contribution in [1.82, 2.24) is 10.2 Å². The standard InChI is InChI=1S/C21H23Cl2F2N3O/c1-13(22)20(23)19(14(2)24)21(7-8-26-12-21)27-16-5-6-17(15(9-16)11-29)18(25)10-28(3)4/h5-6,9-11,26-27H,1-2,7-8,12H2,3-4H3/b18-10+,20-19-. The lowest BCUT2D eigenvalue weighted by molar-refractivity contribution is 0.112. The van der Waals surface area contributed by atoms with Crippen molar-refractivity contribution >= 4 is 41.0 Å². The van der Waals surface area contributed by atoms with Gasteiger partial charge in [-0.3, -0.25) is 4.79 Å². The molecule has 2 N–H and O–H groups in total. The van der Waals surface area contributed by atoms with Crippen molar-refractivity contribution < 1.29 is 13.6 Å². The number of nitrogens with one attached hydrogen (secondary N) is 2. The fourth-order valence-electron chi connectivity index (χ4n) is 3.33. The smallest absolute Gasteiger partial charge is 0.150 e. The summed E-state index contributed by atoms with van der Waals surface area (Å²) >= 11 is 12.2. The topological polar surface area (TPSA) is 44.4 Å². The van der Waals surface area contributed by atoms with Crippen LogP contribution >= 0.6 is 23.2 Å². The highest BCUT2D eigenvalue weighted by atomic mass is 35.5. The molecular weight excluding hydrogens is 419 g/mol. The molecule has 1 unspecified atom stereocenters. The number of carbonyl (C=O) groups excluding carboxylic acids is 1. The van der Waals surface area contributed by atoms with Crippen molar-refractivity contribution in [3.05, 3.63) is 70.1 Å². The number of hydrogen-bond acceptors (Lipinski definition) is 4. The van der Waals surface area contributed by atoms with Gasteiger partial charge in [0.1, 0.15) is 11.7 Å². The molecule has 2 rings (SSSR count). The molecule has 0 spiro atoms.